The van der Waals surface area contributed by atoms with Crippen LogP contribution in [0.25, 0.3) is 0 Å². The van der Waals surface area contributed by atoms with Gasteiger partial charge < -0.3 is 10.5 Å². The van der Waals surface area contributed by atoms with Gasteiger partial charge in [-0.2, -0.15) is 0 Å². The van der Waals surface area contributed by atoms with E-state index in [0.29, 0.717) is 13.0 Å². The van der Waals surface area contributed by atoms with Gasteiger partial charge in [-0.1, -0.05) is 6.07 Å². The predicted octanol–water partition coefficient (Wildman–Crippen LogP) is 2.08. The molecule has 0 radical (unpaired) electrons. The molecule has 1 aromatic carbocycles. The minimum atomic E-state index is -0.669. The van der Waals surface area contributed by atoms with E-state index in [1.165, 1.54) is 18.2 Å². The van der Waals surface area contributed by atoms with Crippen molar-refractivity contribution in [2.75, 3.05) is 13.2 Å². The molecule has 0 aliphatic rings. The van der Waals surface area contributed by atoms with Gasteiger partial charge in [0.25, 0.3) is 0 Å². The zero-order valence-corrected chi connectivity index (χ0v) is 7.80. The van der Waals surface area contributed by atoms with Crippen molar-refractivity contribution < 1.29 is 13.5 Å². The first-order valence-electron chi connectivity index (χ1n) is 4.52. The molecule has 14 heavy (non-hydrogen) atoms. The lowest BCUT2D eigenvalue weighted by atomic mass is 10.3. The maximum absolute atomic E-state index is 13.0. The molecule has 4 heteroatoms. The summed E-state index contributed by atoms with van der Waals surface area (Å²) in [5, 5.41) is 0. The van der Waals surface area contributed by atoms with Gasteiger partial charge in [-0.05, 0) is 31.5 Å². The average molecular weight is 201 g/mol. The third kappa shape index (κ3) is 2.96. The first kappa shape index (κ1) is 10.9. The SMILES string of the molecule is NCCCCOc1c(F)cccc1F. The fraction of sp³-hybridized carbons (Fsp3) is 0.400. The molecule has 0 atom stereocenters. The van der Waals surface area contributed by atoms with Gasteiger partial charge >= 0.3 is 0 Å². The number of halogens is 2. The van der Waals surface area contributed by atoms with Gasteiger partial charge in [-0.3, -0.25) is 0 Å². The Morgan fingerprint density at radius 2 is 1.79 bits per heavy atom. The standard InChI is InChI=1S/C10H13F2NO/c11-8-4-3-5-9(12)10(8)14-7-2-1-6-13/h3-5H,1-2,6-7,13H2. The highest BCUT2D eigenvalue weighted by atomic mass is 19.1. The molecule has 0 amide bonds. The predicted molar refractivity (Wildman–Crippen MR) is 50.1 cm³/mol. The van der Waals surface area contributed by atoms with Crippen LogP contribution in [0.5, 0.6) is 5.75 Å². The number of rotatable bonds is 5. The second-order valence-electron chi connectivity index (χ2n) is 2.90. The Bertz CT molecular complexity index is 271. The van der Waals surface area contributed by atoms with Crippen molar-refractivity contribution in [3.63, 3.8) is 0 Å². The number of ether oxygens (including phenoxy) is 1. The van der Waals surface area contributed by atoms with Crippen molar-refractivity contribution in [3.8, 4) is 5.75 Å². The second-order valence-corrected chi connectivity index (χ2v) is 2.90. The molecule has 1 rings (SSSR count). The highest BCUT2D eigenvalue weighted by Crippen LogP contribution is 2.20. The van der Waals surface area contributed by atoms with E-state index in [0.717, 1.165) is 6.42 Å². The van der Waals surface area contributed by atoms with Crippen molar-refractivity contribution in [1.82, 2.24) is 0 Å². The van der Waals surface area contributed by atoms with Crippen molar-refractivity contribution in [2.24, 2.45) is 5.73 Å². The van der Waals surface area contributed by atoms with E-state index < -0.39 is 11.6 Å². The summed E-state index contributed by atoms with van der Waals surface area (Å²) in [6, 6.07) is 3.64. The second kappa shape index (κ2) is 5.54. The van der Waals surface area contributed by atoms with Crippen LogP contribution >= 0.6 is 0 Å². The molecule has 0 fully saturated rings. The molecule has 0 spiro atoms. The molecular weight excluding hydrogens is 188 g/mol. The summed E-state index contributed by atoms with van der Waals surface area (Å²) in [5.74, 6) is -1.64. The normalized spacial score (nSPS) is 10.2. The van der Waals surface area contributed by atoms with Gasteiger partial charge in [0.05, 0.1) is 6.61 Å². The minimum Gasteiger partial charge on any atom is -0.488 e. The van der Waals surface area contributed by atoms with Gasteiger partial charge in [0.1, 0.15) is 0 Å². The zero-order chi connectivity index (χ0) is 10.4. The highest BCUT2D eigenvalue weighted by Gasteiger charge is 2.08. The molecule has 0 unspecified atom stereocenters. The van der Waals surface area contributed by atoms with Crippen LogP contribution in [0.3, 0.4) is 0 Å². The van der Waals surface area contributed by atoms with E-state index in [1.807, 2.05) is 0 Å². The van der Waals surface area contributed by atoms with Crippen molar-refractivity contribution in [2.45, 2.75) is 12.8 Å². The molecular formula is C10H13F2NO. The lowest BCUT2D eigenvalue weighted by Crippen LogP contribution is -2.05. The van der Waals surface area contributed by atoms with Crippen LogP contribution in [0.15, 0.2) is 18.2 Å². The first-order chi connectivity index (χ1) is 6.75. The highest BCUT2D eigenvalue weighted by molar-refractivity contribution is 5.25. The summed E-state index contributed by atoms with van der Waals surface area (Å²) < 4.78 is 30.9. The lowest BCUT2D eigenvalue weighted by molar-refractivity contribution is 0.277. The number of unbranched alkanes of at least 4 members (excludes halogenated alkanes) is 1. The number of para-hydroxylation sites is 1. The number of benzene rings is 1. The largest absolute Gasteiger partial charge is 0.488 e. The Morgan fingerprint density at radius 1 is 1.14 bits per heavy atom. The molecule has 78 valence electrons. The molecule has 1 aromatic rings. The van der Waals surface area contributed by atoms with Crippen LogP contribution in [-0.4, -0.2) is 13.2 Å². The number of hydrogen-bond donors (Lipinski definition) is 1. The molecule has 0 heterocycles. The number of hydrogen-bond acceptors (Lipinski definition) is 2. The molecule has 2 nitrogen and oxygen atoms in total. The maximum Gasteiger partial charge on any atom is 0.190 e. The van der Waals surface area contributed by atoms with Gasteiger partial charge in [0.2, 0.25) is 0 Å². The summed E-state index contributed by atoms with van der Waals surface area (Å²) in [5.41, 5.74) is 5.26. The Hall–Kier alpha value is -1.16. The zero-order valence-electron chi connectivity index (χ0n) is 7.80. The van der Waals surface area contributed by atoms with E-state index in [-0.39, 0.29) is 12.4 Å². The summed E-state index contributed by atoms with van der Waals surface area (Å²) in [7, 11) is 0. The van der Waals surface area contributed by atoms with Crippen molar-refractivity contribution >= 4 is 0 Å². The van der Waals surface area contributed by atoms with Crippen LogP contribution in [0.2, 0.25) is 0 Å². The van der Waals surface area contributed by atoms with Gasteiger partial charge in [-0.25, -0.2) is 8.78 Å². The van der Waals surface area contributed by atoms with Gasteiger partial charge in [0, 0.05) is 0 Å². The van der Waals surface area contributed by atoms with E-state index in [9.17, 15) is 8.78 Å². The lowest BCUT2D eigenvalue weighted by Gasteiger charge is -2.07. The van der Waals surface area contributed by atoms with E-state index in [4.69, 9.17) is 10.5 Å². The van der Waals surface area contributed by atoms with Gasteiger partial charge in [0.15, 0.2) is 17.4 Å². The summed E-state index contributed by atoms with van der Waals surface area (Å²) in [4.78, 5) is 0. The molecule has 0 saturated heterocycles. The van der Waals surface area contributed by atoms with Gasteiger partial charge in [-0.15, -0.1) is 0 Å². The number of nitrogens with two attached hydrogens (primary N) is 1. The van der Waals surface area contributed by atoms with E-state index in [1.54, 1.807) is 0 Å². The monoisotopic (exact) mass is 201 g/mol. The Balaban J connectivity index is 2.49. The third-order valence-corrected chi connectivity index (χ3v) is 1.76. The molecule has 0 bridgehead atoms. The van der Waals surface area contributed by atoms with Crippen LogP contribution in [0, 0.1) is 11.6 Å². The Labute approximate surface area is 81.7 Å². The van der Waals surface area contributed by atoms with Crippen molar-refractivity contribution in [1.29, 1.82) is 0 Å². The fourth-order valence-electron chi connectivity index (χ4n) is 1.04. The molecule has 0 aliphatic heterocycles. The Kier molecular flexibility index (Phi) is 4.32. The molecule has 0 aromatic heterocycles. The maximum atomic E-state index is 13.0. The summed E-state index contributed by atoms with van der Waals surface area (Å²) >= 11 is 0. The Morgan fingerprint density at radius 3 is 2.36 bits per heavy atom. The van der Waals surface area contributed by atoms with Crippen LogP contribution in [-0.2, 0) is 0 Å². The van der Waals surface area contributed by atoms with E-state index in [2.05, 4.69) is 0 Å². The van der Waals surface area contributed by atoms with E-state index >= 15 is 0 Å². The summed E-state index contributed by atoms with van der Waals surface area (Å²) in [6.45, 7) is 0.845. The van der Waals surface area contributed by atoms with Crippen LogP contribution in [0.4, 0.5) is 8.78 Å². The van der Waals surface area contributed by atoms with Crippen molar-refractivity contribution in [3.05, 3.63) is 29.8 Å². The summed E-state index contributed by atoms with van der Waals surface area (Å²) in [6.07, 6.45) is 1.49. The molecule has 0 saturated carbocycles. The van der Waals surface area contributed by atoms with Crippen LogP contribution in [0.1, 0.15) is 12.8 Å². The smallest absolute Gasteiger partial charge is 0.190 e. The fourth-order valence-corrected chi connectivity index (χ4v) is 1.04. The molecule has 0 aliphatic carbocycles. The quantitative estimate of drug-likeness (QED) is 0.740. The average Bonchev–Trinajstić information content (AvgIpc) is 2.16. The minimum absolute atomic E-state index is 0.287. The topological polar surface area (TPSA) is 35.2 Å². The third-order valence-electron chi connectivity index (χ3n) is 1.76. The first-order valence-corrected chi connectivity index (χ1v) is 4.52. The van der Waals surface area contributed by atoms with Crippen LogP contribution < -0.4 is 10.5 Å². The molecule has 2 N–H and O–H groups in total.